The summed E-state index contributed by atoms with van der Waals surface area (Å²) in [6, 6.07) is 8.70. The van der Waals surface area contributed by atoms with Gasteiger partial charge in [-0.25, -0.2) is 0 Å². The van der Waals surface area contributed by atoms with E-state index in [2.05, 4.69) is 43.3 Å². The van der Waals surface area contributed by atoms with Crippen LogP contribution >= 0.6 is 0 Å². The SMILES string of the molecule is C/C=C1\CC2=C(O1)C(c1ccc(C)cc1)=CCC2. The standard InChI is InChI=1S/C17H18O/c1-3-15-11-14-5-4-6-16(17(14)18-15)13-9-7-12(2)8-10-13/h3,6-10H,4-5,11H2,1-2H3/b15-3+. The van der Waals surface area contributed by atoms with Crippen molar-refractivity contribution < 1.29 is 4.74 Å². The molecular weight excluding hydrogens is 220 g/mol. The molecule has 1 aromatic carbocycles. The molecule has 0 bridgehead atoms. The molecule has 1 heterocycles. The lowest BCUT2D eigenvalue weighted by atomic mass is 9.92. The van der Waals surface area contributed by atoms with Crippen LogP contribution in [0.5, 0.6) is 0 Å². The van der Waals surface area contributed by atoms with Crippen LogP contribution in [0.15, 0.2) is 53.5 Å². The molecule has 0 atom stereocenters. The maximum atomic E-state index is 5.98. The van der Waals surface area contributed by atoms with E-state index in [9.17, 15) is 0 Å². The highest BCUT2D eigenvalue weighted by molar-refractivity contribution is 5.80. The van der Waals surface area contributed by atoms with Gasteiger partial charge in [-0.05, 0) is 43.9 Å². The zero-order chi connectivity index (χ0) is 12.5. The summed E-state index contributed by atoms with van der Waals surface area (Å²) in [6.45, 7) is 4.16. The van der Waals surface area contributed by atoms with Crippen molar-refractivity contribution in [2.45, 2.75) is 33.1 Å². The predicted octanol–water partition coefficient (Wildman–Crippen LogP) is 4.75. The Kier molecular flexibility index (Phi) is 2.83. The van der Waals surface area contributed by atoms with E-state index < -0.39 is 0 Å². The van der Waals surface area contributed by atoms with Gasteiger partial charge >= 0.3 is 0 Å². The molecule has 0 saturated heterocycles. The molecule has 1 aliphatic heterocycles. The second kappa shape index (κ2) is 4.49. The smallest absolute Gasteiger partial charge is 0.134 e. The molecule has 1 nitrogen and oxygen atoms in total. The van der Waals surface area contributed by atoms with E-state index in [1.807, 2.05) is 6.92 Å². The van der Waals surface area contributed by atoms with Crippen LogP contribution in [-0.4, -0.2) is 0 Å². The van der Waals surface area contributed by atoms with Crippen LogP contribution in [0.1, 0.15) is 37.3 Å². The fraction of sp³-hybridized carbons (Fsp3) is 0.294. The Bertz CT molecular complexity index is 556. The molecule has 18 heavy (non-hydrogen) atoms. The number of ether oxygens (including phenoxy) is 1. The maximum Gasteiger partial charge on any atom is 0.134 e. The topological polar surface area (TPSA) is 9.23 Å². The van der Waals surface area contributed by atoms with Crippen molar-refractivity contribution in [2.75, 3.05) is 0 Å². The summed E-state index contributed by atoms with van der Waals surface area (Å²) < 4.78 is 5.98. The second-order valence-electron chi connectivity index (χ2n) is 4.99. The summed E-state index contributed by atoms with van der Waals surface area (Å²) in [5.74, 6) is 2.21. The molecule has 1 aromatic rings. The van der Waals surface area contributed by atoms with Crippen LogP contribution in [0.3, 0.4) is 0 Å². The van der Waals surface area contributed by atoms with Gasteiger partial charge in [0.15, 0.2) is 0 Å². The number of allylic oxidation sites excluding steroid dienone is 4. The van der Waals surface area contributed by atoms with Crippen LogP contribution < -0.4 is 0 Å². The molecule has 3 rings (SSSR count). The van der Waals surface area contributed by atoms with E-state index in [0.717, 1.165) is 30.8 Å². The molecule has 0 radical (unpaired) electrons. The zero-order valence-corrected chi connectivity index (χ0v) is 11.0. The summed E-state index contributed by atoms with van der Waals surface area (Å²) in [6.07, 6.45) is 7.65. The molecule has 0 saturated carbocycles. The Morgan fingerprint density at radius 1 is 1.17 bits per heavy atom. The Morgan fingerprint density at radius 2 is 1.94 bits per heavy atom. The van der Waals surface area contributed by atoms with Gasteiger partial charge in [0.1, 0.15) is 11.5 Å². The van der Waals surface area contributed by atoms with E-state index in [4.69, 9.17) is 4.74 Å². The van der Waals surface area contributed by atoms with Crippen molar-refractivity contribution >= 4 is 5.57 Å². The lowest BCUT2D eigenvalue weighted by Gasteiger charge is -2.15. The van der Waals surface area contributed by atoms with E-state index in [1.54, 1.807) is 0 Å². The largest absolute Gasteiger partial charge is 0.461 e. The van der Waals surface area contributed by atoms with Crippen LogP contribution in [-0.2, 0) is 4.74 Å². The van der Waals surface area contributed by atoms with Gasteiger partial charge in [-0.3, -0.25) is 0 Å². The van der Waals surface area contributed by atoms with Crippen molar-refractivity contribution in [3.05, 3.63) is 64.6 Å². The van der Waals surface area contributed by atoms with Crippen LogP contribution in [0.4, 0.5) is 0 Å². The van der Waals surface area contributed by atoms with Gasteiger partial charge in [0.2, 0.25) is 0 Å². The van der Waals surface area contributed by atoms with E-state index in [1.165, 1.54) is 22.3 Å². The van der Waals surface area contributed by atoms with E-state index >= 15 is 0 Å². The molecule has 0 amide bonds. The first-order valence-corrected chi connectivity index (χ1v) is 6.60. The molecule has 0 spiro atoms. The minimum Gasteiger partial charge on any atom is -0.461 e. The molecule has 0 fully saturated rings. The second-order valence-corrected chi connectivity index (χ2v) is 4.99. The average molecular weight is 238 g/mol. The lowest BCUT2D eigenvalue weighted by Crippen LogP contribution is -1.97. The summed E-state index contributed by atoms with van der Waals surface area (Å²) in [7, 11) is 0. The summed E-state index contributed by atoms with van der Waals surface area (Å²) >= 11 is 0. The first-order valence-electron chi connectivity index (χ1n) is 6.60. The van der Waals surface area contributed by atoms with Crippen LogP contribution in [0, 0.1) is 6.92 Å². The fourth-order valence-electron chi connectivity index (χ4n) is 2.60. The number of rotatable bonds is 1. The minimum absolute atomic E-state index is 0.995. The van der Waals surface area contributed by atoms with Crippen molar-refractivity contribution in [3.8, 4) is 0 Å². The van der Waals surface area contributed by atoms with Gasteiger partial charge in [-0.2, -0.15) is 0 Å². The minimum atomic E-state index is 0.995. The Labute approximate surface area is 108 Å². The molecule has 0 unspecified atom stereocenters. The normalized spacial score (nSPS) is 20.8. The first-order chi connectivity index (χ1) is 8.78. The monoisotopic (exact) mass is 238 g/mol. The van der Waals surface area contributed by atoms with Crippen molar-refractivity contribution in [2.24, 2.45) is 0 Å². The van der Waals surface area contributed by atoms with E-state index in [0.29, 0.717) is 0 Å². The third kappa shape index (κ3) is 1.90. The molecule has 92 valence electrons. The van der Waals surface area contributed by atoms with Gasteiger partial charge in [0, 0.05) is 12.0 Å². The van der Waals surface area contributed by atoms with Gasteiger partial charge in [-0.15, -0.1) is 0 Å². The quantitative estimate of drug-likeness (QED) is 0.686. The molecule has 0 N–H and O–H groups in total. The maximum absolute atomic E-state index is 5.98. The number of hydrogen-bond donors (Lipinski definition) is 0. The zero-order valence-electron chi connectivity index (χ0n) is 11.0. The molecular formula is C17H18O. The average Bonchev–Trinajstić information content (AvgIpc) is 2.82. The fourth-order valence-corrected chi connectivity index (χ4v) is 2.60. The van der Waals surface area contributed by atoms with Crippen molar-refractivity contribution in [1.29, 1.82) is 0 Å². The molecule has 0 aromatic heterocycles. The van der Waals surface area contributed by atoms with Crippen LogP contribution in [0.25, 0.3) is 5.57 Å². The summed E-state index contributed by atoms with van der Waals surface area (Å²) in [4.78, 5) is 0. The lowest BCUT2D eigenvalue weighted by molar-refractivity contribution is 0.340. The first kappa shape index (κ1) is 11.3. The third-order valence-electron chi connectivity index (χ3n) is 3.67. The molecule has 1 aliphatic carbocycles. The van der Waals surface area contributed by atoms with Crippen molar-refractivity contribution in [1.82, 2.24) is 0 Å². The van der Waals surface area contributed by atoms with Gasteiger partial charge in [-0.1, -0.05) is 35.9 Å². The van der Waals surface area contributed by atoms with Crippen LogP contribution in [0.2, 0.25) is 0 Å². The highest BCUT2D eigenvalue weighted by Gasteiger charge is 2.26. The molecule has 2 aliphatic rings. The van der Waals surface area contributed by atoms with Gasteiger partial charge in [0.05, 0.1) is 0 Å². The summed E-state index contributed by atoms with van der Waals surface area (Å²) in [5, 5.41) is 0. The van der Waals surface area contributed by atoms with E-state index in [-0.39, 0.29) is 0 Å². The number of benzene rings is 1. The summed E-state index contributed by atoms with van der Waals surface area (Å²) in [5.41, 5.74) is 5.30. The third-order valence-corrected chi connectivity index (χ3v) is 3.67. The highest BCUT2D eigenvalue weighted by Crippen LogP contribution is 2.42. The Balaban J connectivity index is 1.98. The molecule has 1 heteroatoms. The predicted molar refractivity (Wildman–Crippen MR) is 74.9 cm³/mol. The van der Waals surface area contributed by atoms with Gasteiger partial charge in [0.25, 0.3) is 0 Å². The Morgan fingerprint density at radius 3 is 2.67 bits per heavy atom. The Hall–Kier alpha value is -1.76. The van der Waals surface area contributed by atoms with Crippen molar-refractivity contribution in [3.63, 3.8) is 0 Å². The highest BCUT2D eigenvalue weighted by atomic mass is 16.5. The number of aryl methyl sites for hydroxylation is 1. The van der Waals surface area contributed by atoms with Gasteiger partial charge < -0.3 is 4.74 Å². The number of hydrogen-bond acceptors (Lipinski definition) is 1.